The maximum absolute atomic E-state index is 9.68. The van der Waals surface area contributed by atoms with Crippen LogP contribution in [0.4, 0.5) is 0 Å². The van der Waals surface area contributed by atoms with Gasteiger partial charge in [0.15, 0.2) is 4.33 Å². The van der Waals surface area contributed by atoms with Crippen molar-refractivity contribution in [1.82, 2.24) is 0 Å². The van der Waals surface area contributed by atoms with Crippen molar-refractivity contribution in [2.24, 2.45) is 5.92 Å². The zero-order chi connectivity index (χ0) is 15.6. The van der Waals surface area contributed by atoms with Crippen LogP contribution in [0.1, 0.15) is 26.7 Å². The molecule has 114 valence electrons. The lowest BCUT2D eigenvalue weighted by molar-refractivity contribution is 0.132. The van der Waals surface area contributed by atoms with Gasteiger partial charge in [-0.3, -0.25) is 0 Å². The van der Waals surface area contributed by atoms with Crippen molar-refractivity contribution < 1.29 is 5.11 Å². The van der Waals surface area contributed by atoms with Crippen LogP contribution >= 0.6 is 69.6 Å². The van der Waals surface area contributed by atoms with Crippen LogP contribution in [0.3, 0.4) is 0 Å². The van der Waals surface area contributed by atoms with Crippen LogP contribution in [-0.2, 0) is 0 Å². The van der Waals surface area contributed by atoms with E-state index in [1.807, 2.05) is 6.08 Å². The molecule has 2 aliphatic carbocycles. The molecule has 3 unspecified atom stereocenters. The van der Waals surface area contributed by atoms with E-state index in [2.05, 4.69) is 0 Å². The zero-order valence-electron chi connectivity index (χ0n) is 10.9. The molecule has 1 nitrogen and oxygen atoms in total. The molecule has 0 saturated heterocycles. The van der Waals surface area contributed by atoms with Gasteiger partial charge in [0, 0.05) is 0 Å². The minimum Gasteiger partial charge on any atom is -0.386 e. The topological polar surface area (TPSA) is 20.2 Å². The molecular weight excluding hydrogens is 385 g/mol. The zero-order valence-corrected chi connectivity index (χ0v) is 15.4. The van der Waals surface area contributed by atoms with Crippen LogP contribution in [0, 0.1) is 5.92 Å². The number of halogens is 6. The summed E-state index contributed by atoms with van der Waals surface area (Å²) in [4.78, 5) is -2.37. The molecule has 1 saturated carbocycles. The molecule has 3 atom stereocenters. The molecule has 2 aliphatic rings. The van der Waals surface area contributed by atoms with Crippen molar-refractivity contribution in [3.8, 4) is 0 Å². The largest absolute Gasteiger partial charge is 0.386 e. The first kappa shape index (κ1) is 17.5. The van der Waals surface area contributed by atoms with E-state index in [1.54, 1.807) is 19.9 Å². The number of rotatable bonds is 3. The van der Waals surface area contributed by atoms with Gasteiger partial charge in [0.05, 0.1) is 15.7 Å². The lowest BCUT2D eigenvalue weighted by Gasteiger charge is -2.33. The number of hydrogen-bond acceptors (Lipinski definition) is 1. The Morgan fingerprint density at radius 1 is 1.20 bits per heavy atom. The van der Waals surface area contributed by atoms with Crippen LogP contribution in [0.2, 0.25) is 0 Å². The lowest BCUT2D eigenvalue weighted by Crippen LogP contribution is -2.44. The summed E-state index contributed by atoms with van der Waals surface area (Å²) >= 11 is 38.3. The van der Waals surface area contributed by atoms with Crippen LogP contribution in [0.25, 0.3) is 0 Å². The van der Waals surface area contributed by atoms with Crippen molar-refractivity contribution in [3.05, 3.63) is 22.2 Å². The smallest absolute Gasteiger partial charge is 0.166 e. The fourth-order valence-electron chi connectivity index (χ4n) is 2.80. The molecule has 7 heteroatoms. The molecule has 0 aliphatic heterocycles. The monoisotopic (exact) mass is 396 g/mol. The van der Waals surface area contributed by atoms with E-state index in [4.69, 9.17) is 69.6 Å². The van der Waals surface area contributed by atoms with Gasteiger partial charge in [-0.05, 0) is 32.6 Å². The normalized spacial score (nSPS) is 40.1. The first-order valence-electron chi connectivity index (χ1n) is 6.10. The molecule has 0 radical (unpaired) electrons. The molecule has 1 N–H and O–H groups in total. The summed E-state index contributed by atoms with van der Waals surface area (Å²) in [5.74, 6) is -0.162. The molecule has 20 heavy (non-hydrogen) atoms. The molecule has 0 spiro atoms. The Kier molecular flexibility index (Phi) is 4.46. The third-order valence-electron chi connectivity index (χ3n) is 3.85. The Balaban J connectivity index is 2.31. The number of allylic oxidation sites excluding steroid dienone is 3. The maximum Gasteiger partial charge on any atom is 0.166 e. The molecule has 1 fully saturated rings. The predicted molar refractivity (Wildman–Crippen MR) is 88.5 cm³/mol. The second-order valence-corrected chi connectivity index (χ2v) is 9.23. The van der Waals surface area contributed by atoms with Crippen molar-refractivity contribution >= 4 is 69.6 Å². The Morgan fingerprint density at radius 3 is 2.15 bits per heavy atom. The van der Waals surface area contributed by atoms with Crippen LogP contribution < -0.4 is 0 Å². The third-order valence-corrected chi connectivity index (χ3v) is 8.18. The van der Waals surface area contributed by atoms with E-state index in [9.17, 15) is 5.11 Å². The summed E-state index contributed by atoms with van der Waals surface area (Å²) in [5, 5.41) is 10.1. The number of fused-ring (bicyclic) bond motifs is 2. The van der Waals surface area contributed by atoms with Crippen LogP contribution in [0.15, 0.2) is 22.2 Å². The highest BCUT2D eigenvalue weighted by atomic mass is 35.5. The molecule has 0 heterocycles. The Labute approximate surface area is 148 Å². The molecule has 2 rings (SSSR count). The highest BCUT2D eigenvalue weighted by molar-refractivity contribution is 6.65. The van der Waals surface area contributed by atoms with Gasteiger partial charge in [-0.15, -0.1) is 23.2 Å². The first-order chi connectivity index (χ1) is 8.88. The van der Waals surface area contributed by atoms with E-state index in [-0.39, 0.29) is 16.0 Å². The van der Waals surface area contributed by atoms with Crippen LogP contribution in [0.5, 0.6) is 0 Å². The van der Waals surface area contributed by atoms with Crippen molar-refractivity contribution in [2.75, 3.05) is 0 Å². The quantitative estimate of drug-likeness (QED) is 0.487. The van der Waals surface area contributed by atoms with Gasteiger partial charge < -0.3 is 5.11 Å². The molecule has 0 amide bonds. The summed E-state index contributed by atoms with van der Waals surface area (Å²) in [7, 11) is 0. The predicted octanol–water partition coefficient (Wildman–Crippen LogP) is 5.56. The highest BCUT2D eigenvalue weighted by Gasteiger charge is 2.77. The van der Waals surface area contributed by atoms with E-state index in [1.165, 1.54) is 0 Å². The number of alkyl halides is 4. The van der Waals surface area contributed by atoms with E-state index >= 15 is 0 Å². The molecule has 2 bridgehead atoms. The molecule has 0 aromatic heterocycles. The van der Waals surface area contributed by atoms with Gasteiger partial charge in [-0.2, -0.15) is 0 Å². The van der Waals surface area contributed by atoms with Crippen LogP contribution in [-0.4, -0.2) is 24.8 Å². The highest BCUT2D eigenvalue weighted by Crippen LogP contribution is 2.74. The summed E-state index contributed by atoms with van der Waals surface area (Å²) < 4.78 is -1.47. The fraction of sp³-hybridized carbons (Fsp3) is 0.692. The van der Waals surface area contributed by atoms with Gasteiger partial charge in [-0.25, -0.2) is 0 Å². The van der Waals surface area contributed by atoms with Gasteiger partial charge >= 0.3 is 0 Å². The van der Waals surface area contributed by atoms with E-state index < -0.39 is 19.7 Å². The van der Waals surface area contributed by atoms with E-state index in [0.29, 0.717) is 12.8 Å². The SMILES string of the molecule is CC(C)(O)/C=C/CC1CC2(Cl)C(Cl)=C(Cl)C1(Cl)C2(Cl)Cl. The lowest BCUT2D eigenvalue weighted by atomic mass is 9.88. The second-order valence-electron chi connectivity index (χ2n) is 5.91. The Bertz CT molecular complexity index is 492. The van der Waals surface area contributed by atoms with Crippen molar-refractivity contribution in [2.45, 2.75) is 46.4 Å². The van der Waals surface area contributed by atoms with Gasteiger partial charge in [-0.1, -0.05) is 58.6 Å². The standard InChI is InChI=1S/C13H14Cl6O/c1-10(2,20)5-3-4-7-6-11(16)8(14)9(15)12(7,17)13(11,18)19/h3,5,7,20H,4,6H2,1-2H3/b5-3+. The van der Waals surface area contributed by atoms with E-state index in [0.717, 1.165) is 0 Å². The third kappa shape index (κ3) is 2.24. The fourth-order valence-corrected chi connectivity index (χ4v) is 5.65. The minimum atomic E-state index is -1.47. The number of aliphatic hydroxyl groups is 1. The van der Waals surface area contributed by atoms with Crippen molar-refractivity contribution in [1.29, 1.82) is 0 Å². The van der Waals surface area contributed by atoms with Crippen molar-refractivity contribution in [3.63, 3.8) is 0 Å². The Morgan fingerprint density at radius 2 is 1.75 bits per heavy atom. The summed E-state index contributed by atoms with van der Waals surface area (Å²) in [5.41, 5.74) is -0.897. The summed E-state index contributed by atoms with van der Waals surface area (Å²) in [6.45, 7) is 3.36. The summed E-state index contributed by atoms with van der Waals surface area (Å²) in [6, 6.07) is 0. The average molecular weight is 399 g/mol. The first-order valence-corrected chi connectivity index (χ1v) is 8.36. The Hall–Kier alpha value is 1.18. The van der Waals surface area contributed by atoms with Gasteiger partial charge in [0.2, 0.25) is 0 Å². The van der Waals surface area contributed by atoms with Gasteiger partial charge in [0.25, 0.3) is 0 Å². The van der Waals surface area contributed by atoms with Gasteiger partial charge in [0.1, 0.15) is 9.75 Å². The molecule has 0 aromatic rings. The molecular formula is C13H14Cl6O. The second kappa shape index (κ2) is 5.09. The minimum absolute atomic E-state index is 0.162. The summed E-state index contributed by atoms with van der Waals surface area (Å²) in [6.07, 6.45) is 4.49. The number of hydrogen-bond donors (Lipinski definition) is 1. The average Bonchev–Trinajstić information content (AvgIpc) is 2.50. The molecule has 0 aromatic carbocycles. The maximum atomic E-state index is 9.68.